The van der Waals surface area contributed by atoms with Crippen molar-refractivity contribution in [1.82, 2.24) is 5.32 Å². The van der Waals surface area contributed by atoms with Crippen LogP contribution in [0.15, 0.2) is 36.5 Å². The van der Waals surface area contributed by atoms with E-state index in [-0.39, 0.29) is 19.1 Å². The van der Waals surface area contributed by atoms with Crippen molar-refractivity contribution in [2.24, 2.45) is 0 Å². The first-order valence-corrected chi connectivity index (χ1v) is 23.9. The van der Waals surface area contributed by atoms with E-state index in [1.165, 1.54) is 135 Å². The second-order valence-corrected chi connectivity index (χ2v) is 17.9. The molecule has 0 aromatic rings. The van der Waals surface area contributed by atoms with Crippen LogP contribution in [-0.4, -0.2) is 73.4 Å². The molecule has 0 aromatic carbocycles. The van der Waals surface area contributed by atoms with Crippen molar-refractivity contribution in [3.05, 3.63) is 36.5 Å². The summed E-state index contributed by atoms with van der Waals surface area (Å²) in [7, 11) is 1.55. The van der Waals surface area contributed by atoms with Crippen molar-refractivity contribution in [2.75, 3.05) is 40.9 Å². The number of rotatable bonds is 40. The molecule has 0 aliphatic rings. The Morgan fingerprint density at radius 1 is 0.611 bits per heavy atom. The molecule has 3 N–H and O–H groups in total. The van der Waals surface area contributed by atoms with Gasteiger partial charge in [0.05, 0.1) is 39.9 Å². The minimum absolute atomic E-state index is 0.0553. The topological polar surface area (TPSA) is 105 Å². The van der Waals surface area contributed by atoms with E-state index >= 15 is 0 Å². The molecule has 3 atom stereocenters. The summed E-state index contributed by atoms with van der Waals surface area (Å²) in [5.41, 5.74) is 0. The number of hydrogen-bond donors (Lipinski definition) is 3. The second kappa shape index (κ2) is 37.3. The molecule has 0 radical (unpaired) electrons. The van der Waals surface area contributed by atoms with Crippen LogP contribution in [0.5, 0.6) is 0 Å². The van der Waals surface area contributed by atoms with Gasteiger partial charge in [-0.25, -0.2) is 4.57 Å². The number of unbranched alkanes of at least 4 members (excludes halogenated alkanes) is 23. The van der Waals surface area contributed by atoms with Crippen molar-refractivity contribution in [3.8, 4) is 0 Å². The van der Waals surface area contributed by atoms with Gasteiger partial charge < -0.3 is 19.8 Å². The Labute approximate surface area is 334 Å². The predicted octanol–water partition coefficient (Wildman–Crippen LogP) is 12.3. The van der Waals surface area contributed by atoms with E-state index in [0.717, 1.165) is 38.5 Å². The van der Waals surface area contributed by atoms with Gasteiger partial charge in [-0.1, -0.05) is 166 Å². The number of quaternary nitrogens is 1. The van der Waals surface area contributed by atoms with Crippen molar-refractivity contribution in [3.63, 3.8) is 0 Å². The Bertz CT molecular complexity index is 980. The van der Waals surface area contributed by atoms with Crippen molar-refractivity contribution < 1.29 is 32.9 Å². The highest BCUT2D eigenvalue weighted by molar-refractivity contribution is 7.47. The molecule has 0 rings (SSSR count). The van der Waals surface area contributed by atoms with E-state index < -0.39 is 20.0 Å². The van der Waals surface area contributed by atoms with E-state index in [0.29, 0.717) is 17.4 Å². The monoisotopic (exact) mass is 784 g/mol. The summed E-state index contributed by atoms with van der Waals surface area (Å²) >= 11 is 0. The van der Waals surface area contributed by atoms with Gasteiger partial charge in [0.2, 0.25) is 5.91 Å². The lowest BCUT2D eigenvalue weighted by Crippen LogP contribution is -2.45. The molecule has 8 nitrogen and oxygen atoms in total. The molecular weight excluding hydrogens is 695 g/mol. The molecule has 3 unspecified atom stereocenters. The number of amides is 1. The number of phosphoric acid groups is 1. The third-order valence-corrected chi connectivity index (χ3v) is 10.8. The molecule has 0 fully saturated rings. The first kappa shape index (κ1) is 52.7. The molecule has 0 aliphatic heterocycles. The van der Waals surface area contributed by atoms with Gasteiger partial charge in [-0.05, 0) is 57.8 Å². The Kier molecular flexibility index (Phi) is 36.4. The number of nitrogens with zero attached hydrogens (tertiary/aromatic N) is 1. The Morgan fingerprint density at radius 2 is 1.02 bits per heavy atom. The predicted molar refractivity (Wildman–Crippen MR) is 231 cm³/mol. The van der Waals surface area contributed by atoms with Crippen LogP contribution in [0.2, 0.25) is 0 Å². The average molecular weight is 784 g/mol. The quantitative estimate of drug-likeness (QED) is 0.0247. The SMILES string of the molecule is CCCCCC/C=C\CCCCCCCCCC(=O)NC(COP(=O)(O)OCC[N+](C)(C)C)C(O)/C=C/CC/C=C/CCCCCCCCCCCCC. The number of phosphoric ester groups is 1. The lowest BCUT2D eigenvalue weighted by atomic mass is 10.1. The van der Waals surface area contributed by atoms with Crippen LogP contribution < -0.4 is 5.32 Å². The molecule has 0 bridgehead atoms. The normalized spacial score (nSPS) is 14.7. The van der Waals surface area contributed by atoms with Gasteiger partial charge in [-0.2, -0.15) is 0 Å². The standard InChI is InChI=1S/C45H87N2O6P/c1-6-8-10-12-14-16-18-20-22-23-25-26-28-30-32-34-36-38-44(48)43(42-53-54(50,51)52-41-40-47(3,4)5)46-45(49)39-37-35-33-31-29-27-24-21-19-17-15-13-11-9-7-2/h17,19,28,30,36,38,43-44,48H,6-16,18,20-27,29,31-35,37,39-42H2,1-5H3,(H-,46,49,50,51)/p+1/b19-17-,30-28+,38-36+. The van der Waals surface area contributed by atoms with Gasteiger partial charge in [0, 0.05) is 6.42 Å². The Balaban J connectivity index is 4.49. The molecule has 0 saturated heterocycles. The van der Waals surface area contributed by atoms with Gasteiger partial charge in [0.25, 0.3) is 0 Å². The molecule has 9 heteroatoms. The summed E-state index contributed by atoms with van der Waals surface area (Å²) in [6.45, 7) is 4.77. The summed E-state index contributed by atoms with van der Waals surface area (Å²) in [5, 5.41) is 13.8. The molecule has 0 aromatic heterocycles. The molecule has 318 valence electrons. The lowest BCUT2D eigenvalue weighted by Gasteiger charge is -2.25. The maximum absolute atomic E-state index is 12.8. The number of aliphatic hydroxyl groups is 1. The molecule has 0 aliphatic carbocycles. The summed E-state index contributed by atoms with van der Waals surface area (Å²) in [6, 6.07) is -0.863. The molecule has 0 spiro atoms. The van der Waals surface area contributed by atoms with Gasteiger partial charge in [-0.15, -0.1) is 0 Å². The van der Waals surface area contributed by atoms with Gasteiger partial charge in [-0.3, -0.25) is 13.8 Å². The third-order valence-electron chi connectivity index (χ3n) is 9.83. The fourth-order valence-corrected chi connectivity index (χ4v) is 6.96. The van der Waals surface area contributed by atoms with Crippen molar-refractivity contribution >= 4 is 13.7 Å². The number of likely N-dealkylation sites (N-methyl/N-ethyl adjacent to an activating group) is 1. The third kappa shape index (κ3) is 39.0. The zero-order valence-corrected chi connectivity index (χ0v) is 36.9. The van der Waals surface area contributed by atoms with Crippen molar-refractivity contribution in [1.29, 1.82) is 0 Å². The summed E-state index contributed by atoms with van der Waals surface area (Å²) in [4.78, 5) is 23.1. The smallest absolute Gasteiger partial charge is 0.387 e. The first-order valence-electron chi connectivity index (χ1n) is 22.4. The number of aliphatic hydroxyl groups excluding tert-OH is 1. The van der Waals surface area contributed by atoms with Crippen LogP contribution in [-0.2, 0) is 18.4 Å². The summed E-state index contributed by atoms with van der Waals surface area (Å²) < 4.78 is 23.5. The number of hydrogen-bond acceptors (Lipinski definition) is 5. The number of allylic oxidation sites excluding steroid dienone is 5. The Morgan fingerprint density at radius 3 is 1.50 bits per heavy atom. The van der Waals surface area contributed by atoms with Crippen LogP contribution in [0.3, 0.4) is 0 Å². The van der Waals surface area contributed by atoms with Crippen LogP contribution >= 0.6 is 7.82 Å². The van der Waals surface area contributed by atoms with Crippen LogP contribution in [0.1, 0.15) is 194 Å². The molecule has 1 amide bonds. The maximum atomic E-state index is 12.8. The van der Waals surface area contributed by atoms with Crippen LogP contribution in [0.4, 0.5) is 0 Å². The van der Waals surface area contributed by atoms with Gasteiger partial charge >= 0.3 is 7.82 Å². The van der Waals surface area contributed by atoms with E-state index in [2.05, 4.69) is 43.5 Å². The molecule has 0 heterocycles. The van der Waals surface area contributed by atoms with Gasteiger partial charge in [0.1, 0.15) is 13.2 Å². The zero-order chi connectivity index (χ0) is 40.0. The van der Waals surface area contributed by atoms with Crippen LogP contribution in [0.25, 0.3) is 0 Å². The van der Waals surface area contributed by atoms with Gasteiger partial charge in [0.15, 0.2) is 0 Å². The molecule has 0 saturated carbocycles. The number of nitrogens with one attached hydrogen (secondary N) is 1. The summed E-state index contributed by atoms with van der Waals surface area (Å²) in [6.07, 6.45) is 45.0. The highest BCUT2D eigenvalue weighted by atomic mass is 31.2. The van der Waals surface area contributed by atoms with E-state index in [1.54, 1.807) is 6.08 Å². The lowest BCUT2D eigenvalue weighted by molar-refractivity contribution is -0.870. The maximum Gasteiger partial charge on any atom is 0.472 e. The fraction of sp³-hybridized carbons (Fsp3) is 0.844. The van der Waals surface area contributed by atoms with E-state index in [9.17, 15) is 19.4 Å². The Hall–Kier alpha value is -1.28. The first-order chi connectivity index (χ1) is 26.0. The largest absolute Gasteiger partial charge is 0.472 e. The highest BCUT2D eigenvalue weighted by Crippen LogP contribution is 2.43. The summed E-state index contributed by atoms with van der Waals surface area (Å²) in [5.74, 6) is -0.193. The number of carbonyl (C=O) groups is 1. The zero-order valence-electron chi connectivity index (χ0n) is 36.0. The minimum atomic E-state index is -4.34. The van der Waals surface area contributed by atoms with E-state index in [4.69, 9.17) is 9.05 Å². The van der Waals surface area contributed by atoms with E-state index in [1.807, 2.05) is 27.2 Å². The highest BCUT2D eigenvalue weighted by Gasteiger charge is 2.27. The number of carbonyl (C=O) groups excluding carboxylic acids is 1. The van der Waals surface area contributed by atoms with Crippen molar-refractivity contribution in [2.45, 2.75) is 206 Å². The second-order valence-electron chi connectivity index (χ2n) is 16.4. The van der Waals surface area contributed by atoms with Crippen LogP contribution in [0, 0.1) is 0 Å². The molecule has 54 heavy (non-hydrogen) atoms. The fourth-order valence-electron chi connectivity index (χ4n) is 6.23. The minimum Gasteiger partial charge on any atom is -0.387 e. The molecular formula is C45H88N2O6P+. The average Bonchev–Trinajstić information content (AvgIpc) is 3.12.